The van der Waals surface area contributed by atoms with E-state index < -0.39 is 28.9 Å². The van der Waals surface area contributed by atoms with Crippen LogP contribution in [0.25, 0.3) is 0 Å². The standard InChI is InChI=1S/C23H22F2N4/c1-22(2,3)14-5-6-15-16(9-14)20(13-4-7-18(24)19(25)8-13)23(11-27,12-28)21(29)17(15)10-26/h4,6-8,14,16-17,20,29H,5,9H2,1-3H3/t14-,16-,17?,20-/m0/s1. The number of nitrogens with one attached hydrogen (secondary N) is 1. The summed E-state index contributed by atoms with van der Waals surface area (Å²) in [6, 6.07) is 9.41. The van der Waals surface area contributed by atoms with Crippen LogP contribution in [-0.2, 0) is 0 Å². The van der Waals surface area contributed by atoms with Gasteiger partial charge in [-0.2, -0.15) is 15.8 Å². The van der Waals surface area contributed by atoms with E-state index in [-0.39, 0.29) is 23.0 Å². The molecule has 0 bridgehead atoms. The highest BCUT2D eigenvalue weighted by atomic mass is 19.2. The maximum absolute atomic E-state index is 14.1. The van der Waals surface area contributed by atoms with Crippen LogP contribution >= 0.6 is 0 Å². The molecule has 4 nitrogen and oxygen atoms in total. The zero-order valence-electron chi connectivity index (χ0n) is 16.6. The summed E-state index contributed by atoms with van der Waals surface area (Å²) in [6.45, 7) is 6.33. The fourth-order valence-electron chi connectivity index (χ4n) is 4.81. The van der Waals surface area contributed by atoms with Crippen LogP contribution in [0, 0.1) is 79.6 Å². The first-order chi connectivity index (χ1) is 13.6. The van der Waals surface area contributed by atoms with E-state index in [9.17, 15) is 24.6 Å². The fraction of sp³-hybridized carbons (Fsp3) is 0.478. The lowest BCUT2D eigenvalue weighted by atomic mass is 9.51. The Bertz CT molecular complexity index is 999. The molecule has 0 heterocycles. The van der Waals surface area contributed by atoms with E-state index in [1.54, 1.807) is 0 Å². The van der Waals surface area contributed by atoms with Crippen LogP contribution in [0.15, 0.2) is 29.8 Å². The number of hydrogen-bond donors (Lipinski definition) is 1. The van der Waals surface area contributed by atoms with Crippen molar-refractivity contribution >= 4 is 5.71 Å². The van der Waals surface area contributed by atoms with Gasteiger partial charge in [0.05, 0.1) is 23.9 Å². The van der Waals surface area contributed by atoms with E-state index >= 15 is 0 Å². The van der Waals surface area contributed by atoms with E-state index in [0.29, 0.717) is 17.6 Å². The van der Waals surface area contributed by atoms with Crippen molar-refractivity contribution < 1.29 is 8.78 Å². The summed E-state index contributed by atoms with van der Waals surface area (Å²) in [5.41, 5.74) is -1.22. The number of hydrogen-bond acceptors (Lipinski definition) is 4. The number of nitriles is 3. The summed E-state index contributed by atoms with van der Waals surface area (Å²) in [5, 5.41) is 38.2. The highest BCUT2D eigenvalue weighted by Gasteiger charge is 2.58. The molecule has 6 heteroatoms. The van der Waals surface area contributed by atoms with Gasteiger partial charge in [-0.05, 0) is 53.4 Å². The summed E-state index contributed by atoms with van der Waals surface area (Å²) in [5.74, 6) is -4.03. The molecule has 1 N–H and O–H groups in total. The molecule has 4 atom stereocenters. The van der Waals surface area contributed by atoms with E-state index in [1.165, 1.54) is 6.07 Å². The van der Waals surface area contributed by atoms with E-state index in [1.807, 2.05) is 18.2 Å². The Kier molecular flexibility index (Phi) is 5.06. The van der Waals surface area contributed by atoms with Gasteiger partial charge in [0.2, 0.25) is 0 Å². The van der Waals surface area contributed by atoms with Crippen molar-refractivity contribution in [2.45, 2.75) is 39.5 Å². The number of nitrogens with zero attached hydrogens (tertiary/aromatic N) is 3. The molecule has 3 rings (SSSR count). The predicted molar refractivity (Wildman–Crippen MR) is 103 cm³/mol. The third kappa shape index (κ3) is 3.12. The van der Waals surface area contributed by atoms with Gasteiger partial charge in [0, 0.05) is 5.92 Å². The smallest absolute Gasteiger partial charge is 0.189 e. The van der Waals surface area contributed by atoms with Gasteiger partial charge in [0.1, 0.15) is 5.92 Å². The Labute approximate surface area is 169 Å². The van der Waals surface area contributed by atoms with Crippen molar-refractivity contribution in [1.29, 1.82) is 21.2 Å². The lowest BCUT2D eigenvalue weighted by molar-refractivity contribution is 0.168. The lowest BCUT2D eigenvalue weighted by Crippen LogP contribution is -2.50. The van der Waals surface area contributed by atoms with Crippen molar-refractivity contribution in [2.75, 3.05) is 0 Å². The molecule has 1 aromatic carbocycles. The van der Waals surface area contributed by atoms with Crippen LogP contribution in [0.4, 0.5) is 8.78 Å². The molecule has 0 aromatic heterocycles. The SMILES string of the molecule is CC(C)(C)[C@H]1CC=C2C(C#N)C(=N)C(C#N)(C#N)[C@@H](c3ccc(F)c(F)c3)[C@H]2C1. The van der Waals surface area contributed by atoms with Crippen molar-refractivity contribution in [1.82, 2.24) is 0 Å². The molecular formula is C23H22F2N4. The van der Waals surface area contributed by atoms with Gasteiger partial charge in [-0.1, -0.05) is 32.9 Å². The fourth-order valence-corrected chi connectivity index (χ4v) is 4.81. The van der Waals surface area contributed by atoms with E-state index in [4.69, 9.17) is 5.41 Å². The van der Waals surface area contributed by atoms with Crippen LogP contribution in [0.5, 0.6) is 0 Å². The van der Waals surface area contributed by atoms with Crippen molar-refractivity contribution in [2.24, 2.45) is 28.6 Å². The van der Waals surface area contributed by atoms with E-state index in [0.717, 1.165) is 18.6 Å². The second-order valence-electron chi connectivity index (χ2n) is 9.00. The molecule has 1 fully saturated rings. The molecule has 0 aliphatic heterocycles. The van der Waals surface area contributed by atoms with Gasteiger partial charge in [-0.25, -0.2) is 8.78 Å². The van der Waals surface area contributed by atoms with E-state index in [2.05, 4.69) is 26.8 Å². The second-order valence-corrected chi connectivity index (χ2v) is 9.00. The minimum absolute atomic E-state index is 0.0460. The quantitative estimate of drug-likeness (QED) is 0.661. The molecule has 2 aliphatic carbocycles. The normalized spacial score (nSPS) is 28.3. The number of halogens is 2. The van der Waals surface area contributed by atoms with Gasteiger partial charge in [0.25, 0.3) is 0 Å². The summed E-state index contributed by atoms with van der Waals surface area (Å²) in [6.07, 6.45) is 3.30. The Balaban J connectivity index is 2.27. The Morgan fingerprint density at radius 1 is 1.10 bits per heavy atom. The lowest BCUT2D eigenvalue weighted by Gasteiger charge is -2.49. The Morgan fingerprint density at radius 3 is 2.28 bits per heavy atom. The number of allylic oxidation sites excluding steroid dienone is 2. The Hall–Kier alpha value is -3.04. The maximum Gasteiger partial charge on any atom is 0.189 e. The molecule has 148 valence electrons. The van der Waals surface area contributed by atoms with Gasteiger partial charge in [-0.15, -0.1) is 0 Å². The van der Waals surface area contributed by atoms with Gasteiger partial charge >= 0.3 is 0 Å². The van der Waals surface area contributed by atoms with Crippen molar-refractivity contribution in [3.05, 3.63) is 47.0 Å². The molecule has 0 radical (unpaired) electrons. The predicted octanol–water partition coefficient (Wildman–Crippen LogP) is 5.25. The zero-order valence-corrected chi connectivity index (χ0v) is 16.6. The van der Waals surface area contributed by atoms with Crippen LogP contribution in [0.2, 0.25) is 0 Å². The summed E-state index contributed by atoms with van der Waals surface area (Å²) < 4.78 is 27.6. The van der Waals surface area contributed by atoms with Crippen molar-refractivity contribution in [3.8, 4) is 18.2 Å². The highest BCUT2D eigenvalue weighted by molar-refractivity contribution is 6.00. The molecule has 1 saturated carbocycles. The number of rotatable bonds is 1. The summed E-state index contributed by atoms with van der Waals surface area (Å²) in [7, 11) is 0. The first-order valence-electron chi connectivity index (χ1n) is 9.56. The third-order valence-corrected chi connectivity index (χ3v) is 6.53. The summed E-state index contributed by atoms with van der Waals surface area (Å²) >= 11 is 0. The topological polar surface area (TPSA) is 95.2 Å². The largest absolute Gasteiger partial charge is 0.305 e. The molecule has 1 aromatic rings. The third-order valence-electron chi connectivity index (χ3n) is 6.53. The monoisotopic (exact) mass is 392 g/mol. The van der Waals surface area contributed by atoms with Gasteiger partial charge in [-0.3, -0.25) is 0 Å². The number of fused-ring (bicyclic) bond motifs is 1. The molecule has 0 saturated heterocycles. The molecule has 0 spiro atoms. The second kappa shape index (κ2) is 7.09. The average molecular weight is 392 g/mol. The minimum atomic E-state index is -1.91. The van der Waals surface area contributed by atoms with Gasteiger partial charge < -0.3 is 5.41 Å². The molecule has 2 aliphatic rings. The maximum atomic E-state index is 14.1. The van der Waals surface area contributed by atoms with Crippen LogP contribution in [-0.4, -0.2) is 5.71 Å². The molecular weight excluding hydrogens is 370 g/mol. The number of benzene rings is 1. The first-order valence-corrected chi connectivity index (χ1v) is 9.56. The molecule has 1 unspecified atom stereocenters. The molecule has 0 amide bonds. The first kappa shape index (κ1) is 20.7. The van der Waals surface area contributed by atoms with Crippen LogP contribution in [0.3, 0.4) is 0 Å². The van der Waals surface area contributed by atoms with Crippen molar-refractivity contribution in [3.63, 3.8) is 0 Å². The average Bonchev–Trinajstić information content (AvgIpc) is 2.68. The van der Waals surface area contributed by atoms with Crippen LogP contribution < -0.4 is 0 Å². The minimum Gasteiger partial charge on any atom is -0.305 e. The summed E-state index contributed by atoms with van der Waals surface area (Å²) in [4.78, 5) is 0. The Morgan fingerprint density at radius 2 is 1.76 bits per heavy atom. The molecule has 29 heavy (non-hydrogen) atoms. The zero-order chi connectivity index (χ0) is 21.6. The van der Waals surface area contributed by atoms with Crippen LogP contribution in [0.1, 0.15) is 45.1 Å². The highest BCUT2D eigenvalue weighted by Crippen LogP contribution is 2.57. The van der Waals surface area contributed by atoms with Gasteiger partial charge in [0.15, 0.2) is 17.0 Å².